The maximum Gasteiger partial charge on any atom is 0.141 e. The number of rotatable bonds is 6. The lowest BCUT2D eigenvalue weighted by atomic mass is 9.75. The first-order valence-corrected chi connectivity index (χ1v) is 7.25. The summed E-state index contributed by atoms with van der Waals surface area (Å²) in [7, 11) is 8.22. The van der Waals surface area contributed by atoms with Gasteiger partial charge in [0.2, 0.25) is 0 Å². The number of nitrogens with two attached hydrogens (primary N) is 1. The van der Waals surface area contributed by atoms with E-state index in [2.05, 4.69) is 37.0 Å². The van der Waals surface area contributed by atoms with Crippen LogP contribution in [0.1, 0.15) is 24.8 Å². The van der Waals surface area contributed by atoms with Crippen LogP contribution in [0.4, 0.5) is 5.69 Å². The molecule has 2 N–H and O–H groups in total. The smallest absolute Gasteiger partial charge is 0.141 e. The summed E-state index contributed by atoms with van der Waals surface area (Å²) in [5.41, 5.74) is 8.28. The number of benzene rings is 1. The Kier molecular flexibility index (Phi) is 4.55. The van der Waals surface area contributed by atoms with Gasteiger partial charge in [-0.2, -0.15) is 0 Å². The van der Waals surface area contributed by atoms with E-state index in [9.17, 15) is 0 Å². The van der Waals surface area contributed by atoms with Crippen LogP contribution in [-0.4, -0.2) is 50.1 Å². The topological polar surface area (TPSA) is 41.7 Å². The monoisotopic (exact) mass is 277 g/mol. The van der Waals surface area contributed by atoms with Crippen molar-refractivity contribution in [1.82, 2.24) is 9.80 Å². The molecule has 0 saturated heterocycles. The molecule has 0 spiro atoms. The number of hydrogen-bond acceptors (Lipinski definition) is 4. The normalized spacial score (nSPS) is 17.3. The molecule has 1 aliphatic carbocycles. The lowest BCUT2D eigenvalue weighted by molar-refractivity contribution is 0.0259. The third kappa shape index (κ3) is 3.07. The summed E-state index contributed by atoms with van der Waals surface area (Å²) >= 11 is 0. The number of hydrogen-bond donors (Lipinski definition) is 1. The van der Waals surface area contributed by atoms with Gasteiger partial charge in [-0.05, 0) is 58.1 Å². The van der Waals surface area contributed by atoms with Crippen LogP contribution in [0.5, 0.6) is 5.75 Å². The van der Waals surface area contributed by atoms with Crippen LogP contribution in [-0.2, 0) is 6.54 Å². The highest BCUT2D eigenvalue weighted by Gasteiger charge is 2.39. The zero-order valence-electron chi connectivity index (χ0n) is 13.1. The molecule has 20 heavy (non-hydrogen) atoms. The zero-order valence-corrected chi connectivity index (χ0v) is 13.1. The number of nitrogens with zero attached hydrogens (tertiary/aromatic N) is 2. The van der Waals surface area contributed by atoms with E-state index in [1.54, 1.807) is 7.11 Å². The van der Waals surface area contributed by atoms with Crippen LogP contribution in [0.15, 0.2) is 18.2 Å². The summed E-state index contributed by atoms with van der Waals surface area (Å²) in [5.74, 6) is 0.750. The fraction of sp³-hybridized carbons (Fsp3) is 0.625. The number of anilines is 1. The average molecular weight is 277 g/mol. The van der Waals surface area contributed by atoms with Gasteiger partial charge in [-0.25, -0.2) is 0 Å². The van der Waals surface area contributed by atoms with Gasteiger partial charge >= 0.3 is 0 Å². The molecule has 0 amide bonds. The first-order chi connectivity index (χ1) is 9.47. The van der Waals surface area contributed by atoms with Gasteiger partial charge < -0.3 is 20.3 Å². The highest BCUT2D eigenvalue weighted by atomic mass is 16.5. The van der Waals surface area contributed by atoms with Crippen LogP contribution < -0.4 is 10.5 Å². The molecule has 1 aliphatic rings. The van der Waals surface area contributed by atoms with Crippen LogP contribution in [0.3, 0.4) is 0 Å². The van der Waals surface area contributed by atoms with Crippen molar-refractivity contribution >= 4 is 5.69 Å². The first-order valence-electron chi connectivity index (χ1n) is 7.25. The third-order valence-corrected chi connectivity index (χ3v) is 4.54. The molecule has 0 unspecified atom stereocenters. The van der Waals surface area contributed by atoms with E-state index < -0.39 is 0 Å². The molecule has 0 radical (unpaired) electrons. The summed E-state index contributed by atoms with van der Waals surface area (Å²) in [6, 6.07) is 6.05. The van der Waals surface area contributed by atoms with Crippen LogP contribution >= 0.6 is 0 Å². The molecule has 0 aliphatic heterocycles. The largest absolute Gasteiger partial charge is 0.495 e. The molecule has 4 nitrogen and oxygen atoms in total. The molecule has 4 heteroatoms. The van der Waals surface area contributed by atoms with Crippen molar-refractivity contribution in [1.29, 1.82) is 0 Å². The van der Waals surface area contributed by atoms with E-state index in [0.717, 1.165) is 18.8 Å². The Labute approximate surface area is 122 Å². The van der Waals surface area contributed by atoms with E-state index in [4.69, 9.17) is 10.5 Å². The SMILES string of the molecule is COc1ccc(CN(C)CC2(N(C)C)CCC2)cc1N. The predicted octanol–water partition coefficient (Wildman–Crippen LogP) is 2.19. The van der Waals surface area contributed by atoms with Gasteiger partial charge in [-0.15, -0.1) is 0 Å². The molecular weight excluding hydrogens is 250 g/mol. The minimum absolute atomic E-state index is 0.368. The minimum atomic E-state index is 0.368. The summed E-state index contributed by atoms with van der Waals surface area (Å²) < 4.78 is 5.20. The van der Waals surface area contributed by atoms with Crippen molar-refractivity contribution in [2.24, 2.45) is 0 Å². The fourth-order valence-corrected chi connectivity index (χ4v) is 3.08. The van der Waals surface area contributed by atoms with E-state index in [1.807, 2.05) is 12.1 Å². The van der Waals surface area contributed by atoms with Crippen molar-refractivity contribution in [2.75, 3.05) is 40.5 Å². The van der Waals surface area contributed by atoms with Crippen LogP contribution in [0.2, 0.25) is 0 Å². The molecule has 1 saturated carbocycles. The lowest BCUT2D eigenvalue weighted by Crippen LogP contribution is -2.56. The summed E-state index contributed by atoms with van der Waals surface area (Å²) in [6.07, 6.45) is 3.95. The van der Waals surface area contributed by atoms with Gasteiger partial charge in [0.05, 0.1) is 12.8 Å². The number of methoxy groups -OCH3 is 1. The molecule has 0 bridgehead atoms. The predicted molar refractivity (Wildman–Crippen MR) is 84.0 cm³/mol. The third-order valence-electron chi connectivity index (χ3n) is 4.54. The highest BCUT2D eigenvalue weighted by Crippen LogP contribution is 2.36. The Morgan fingerprint density at radius 1 is 1.25 bits per heavy atom. The first kappa shape index (κ1) is 15.1. The standard InChI is InChI=1S/C16H27N3O/c1-18(2)16(8-5-9-16)12-19(3)11-13-6-7-15(20-4)14(17)10-13/h6-7,10H,5,8-9,11-12,17H2,1-4H3. The molecule has 2 rings (SSSR count). The van der Waals surface area contributed by atoms with Gasteiger partial charge in [0.15, 0.2) is 0 Å². The van der Waals surface area contributed by atoms with E-state index in [1.165, 1.54) is 24.8 Å². The van der Waals surface area contributed by atoms with E-state index in [-0.39, 0.29) is 0 Å². The van der Waals surface area contributed by atoms with E-state index in [0.29, 0.717) is 11.2 Å². The molecule has 0 heterocycles. The van der Waals surface area contributed by atoms with E-state index >= 15 is 0 Å². The summed E-state index contributed by atoms with van der Waals surface area (Å²) in [5, 5.41) is 0. The Balaban J connectivity index is 1.97. The van der Waals surface area contributed by atoms with Gasteiger partial charge in [0.25, 0.3) is 0 Å². The fourth-order valence-electron chi connectivity index (χ4n) is 3.08. The number of ether oxygens (including phenoxy) is 1. The second-order valence-corrected chi connectivity index (χ2v) is 6.22. The van der Waals surface area contributed by atoms with Crippen molar-refractivity contribution in [3.8, 4) is 5.75 Å². The molecule has 0 atom stereocenters. The van der Waals surface area contributed by atoms with Gasteiger partial charge in [0, 0.05) is 18.6 Å². The second-order valence-electron chi connectivity index (χ2n) is 6.22. The van der Waals surface area contributed by atoms with Crippen molar-refractivity contribution in [2.45, 2.75) is 31.3 Å². The lowest BCUT2D eigenvalue weighted by Gasteiger charge is -2.49. The average Bonchev–Trinajstić information content (AvgIpc) is 2.33. The molecular formula is C16H27N3O. The summed E-state index contributed by atoms with van der Waals surface area (Å²) in [6.45, 7) is 2.02. The Morgan fingerprint density at radius 2 is 1.95 bits per heavy atom. The Morgan fingerprint density at radius 3 is 2.40 bits per heavy atom. The van der Waals surface area contributed by atoms with Crippen molar-refractivity contribution in [3.05, 3.63) is 23.8 Å². The van der Waals surface area contributed by atoms with Crippen LogP contribution in [0, 0.1) is 0 Å². The molecule has 112 valence electrons. The molecule has 1 fully saturated rings. The van der Waals surface area contributed by atoms with Gasteiger partial charge in [0.1, 0.15) is 5.75 Å². The van der Waals surface area contributed by atoms with Gasteiger partial charge in [-0.1, -0.05) is 6.07 Å². The van der Waals surface area contributed by atoms with Crippen LogP contribution in [0.25, 0.3) is 0 Å². The number of likely N-dealkylation sites (N-methyl/N-ethyl adjacent to an activating group) is 2. The van der Waals surface area contributed by atoms with Crippen molar-refractivity contribution < 1.29 is 4.74 Å². The maximum atomic E-state index is 5.97. The number of nitrogen functional groups attached to an aromatic ring is 1. The Hall–Kier alpha value is -1.26. The second kappa shape index (κ2) is 6.02. The molecule has 1 aromatic rings. The zero-order chi connectivity index (χ0) is 14.8. The minimum Gasteiger partial charge on any atom is -0.495 e. The maximum absolute atomic E-state index is 5.97. The van der Waals surface area contributed by atoms with Gasteiger partial charge in [-0.3, -0.25) is 0 Å². The van der Waals surface area contributed by atoms with Crippen molar-refractivity contribution in [3.63, 3.8) is 0 Å². The quantitative estimate of drug-likeness (QED) is 0.809. The molecule has 1 aromatic carbocycles. The Bertz CT molecular complexity index is 455. The highest BCUT2D eigenvalue weighted by molar-refractivity contribution is 5.54. The molecule has 0 aromatic heterocycles. The summed E-state index contributed by atoms with van der Waals surface area (Å²) in [4.78, 5) is 4.77.